The SMILES string of the molecule is C[Si](C)(C)c1ccc(C2CC(=O)C2(Cl)Cl)cc1. The number of ketones is 1. The Bertz CT molecular complexity index is 445. The maximum absolute atomic E-state index is 11.3. The van der Waals surface area contributed by atoms with Crippen molar-refractivity contribution in [3.63, 3.8) is 0 Å². The van der Waals surface area contributed by atoms with E-state index in [0.717, 1.165) is 5.56 Å². The molecule has 0 aromatic heterocycles. The summed E-state index contributed by atoms with van der Waals surface area (Å²) in [6, 6.07) is 8.41. The normalized spacial score (nSPS) is 23.4. The van der Waals surface area contributed by atoms with E-state index >= 15 is 0 Å². The molecule has 1 aliphatic carbocycles. The molecule has 0 spiro atoms. The molecule has 4 heteroatoms. The van der Waals surface area contributed by atoms with Crippen LogP contribution in [0.2, 0.25) is 19.6 Å². The predicted octanol–water partition coefficient (Wildman–Crippen LogP) is 3.46. The standard InChI is InChI=1S/C13H16Cl2OSi/c1-17(2,3)10-6-4-9(5-7-10)11-8-12(16)13(11,14)15/h4-7,11H,8H2,1-3H3. The molecule has 0 saturated heterocycles. The monoisotopic (exact) mass is 286 g/mol. The largest absolute Gasteiger partial charge is 0.296 e. The van der Waals surface area contributed by atoms with Crippen molar-refractivity contribution in [2.24, 2.45) is 0 Å². The van der Waals surface area contributed by atoms with Crippen LogP contribution in [0.5, 0.6) is 0 Å². The van der Waals surface area contributed by atoms with E-state index in [-0.39, 0.29) is 11.7 Å². The third-order valence-corrected chi connectivity index (χ3v) is 6.39. The molecule has 2 rings (SSSR count). The molecule has 1 aromatic carbocycles. The highest BCUT2D eigenvalue weighted by molar-refractivity contribution is 6.88. The van der Waals surface area contributed by atoms with E-state index in [4.69, 9.17) is 23.2 Å². The molecule has 1 nitrogen and oxygen atoms in total. The van der Waals surface area contributed by atoms with Gasteiger partial charge >= 0.3 is 0 Å². The van der Waals surface area contributed by atoms with E-state index < -0.39 is 12.4 Å². The second-order valence-electron chi connectivity index (χ2n) is 5.67. The van der Waals surface area contributed by atoms with Crippen LogP contribution in [-0.2, 0) is 4.79 Å². The van der Waals surface area contributed by atoms with Gasteiger partial charge in [-0.05, 0) is 5.56 Å². The van der Waals surface area contributed by atoms with Crippen LogP contribution in [-0.4, -0.2) is 18.2 Å². The number of carbonyl (C=O) groups is 1. The molecule has 0 heterocycles. The van der Waals surface area contributed by atoms with Gasteiger partial charge in [-0.1, -0.05) is 72.3 Å². The Morgan fingerprint density at radius 3 is 2.06 bits per heavy atom. The lowest BCUT2D eigenvalue weighted by Crippen LogP contribution is -2.45. The molecule has 0 radical (unpaired) electrons. The average molecular weight is 287 g/mol. The number of halogens is 2. The van der Waals surface area contributed by atoms with Crippen molar-refractivity contribution in [2.45, 2.75) is 36.3 Å². The van der Waals surface area contributed by atoms with Crippen molar-refractivity contribution in [1.82, 2.24) is 0 Å². The van der Waals surface area contributed by atoms with E-state index in [2.05, 4.69) is 43.9 Å². The molecule has 0 amide bonds. The van der Waals surface area contributed by atoms with Crippen LogP contribution in [0, 0.1) is 0 Å². The first-order chi connectivity index (χ1) is 7.73. The summed E-state index contributed by atoms with van der Waals surface area (Å²) in [7, 11) is -1.27. The fourth-order valence-electron chi connectivity index (χ4n) is 2.06. The second-order valence-corrected chi connectivity index (χ2v) is 12.1. The predicted molar refractivity (Wildman–Crippen MR) is 76.2 cm³/mol. The molecule has 1 atom stereocenters. The van der Waals surface area contributed by atoms with E-state index in [1.807, 2.05) is 0 Å². The molecule has 17 heavy (non-hydrogen) atoms. The van der Waals surface area contributed by atoms with Crippen LogP contribution in [0.4, 0.5) is 0 Å². The zero-order chi connectivity index (χ0) is 12.8. The average Bonchev–Trinajstić information content (AvgIpc) is 2.25. The minimum atomic E-state index is -1.27. The lowest BCUT2D eigenvalue weighted by atomic mass is 9.77. The lowest BCUT2D eigenvalue weighted by Gasteiger charge is -2.38. The van der Waals surface area contributed by atoms with Crippen LogP contribution in [0.15, 0.2) is 24.3 Å². The van der Waals surface area contributed by atoms with Crippen LogP contribution in [0.25, 0.3) is 0 Å². The second kappa shape index (κ2) is 4.11. The molecule has 1 saturated carbocycles. The summed E-state index contributed by atoms with van der Waals surface area (Å²) in [6.45, 7) is 6.92. The fourth-order valence-corrected chi connectivity index (χ4v) is 3.78. The van der Waals surface area contributed by atoms with Crippen LogP contribution in [0.1, 0.15) is 17.9 Å². The van der Waals surface area contributed by atoms with Gasteiger partial charge in [-0.15, -0.1) is 0 Å². The molecular weight excluding hydrogens is 271 g/mol. The number of Topliss-reactive ketones (excluding diaryl/α,β-unsaturated/α-hetero) is 1. The topological polar surface area (TPSA) is 17.1 Å². The molecule has 1 aromatic rings. The summed E-state index contributed by atoms with van der Waals surface area (Å²) in [4.78, 5) is 11.3. The summed E-state index contributed by atoms with van der Waals surface area (Å²) in [5.74, 6) is -0.117. The van der Waals surface area contributed by atoms with Crippen LogP contribution in [0.3, 0.4) is 0 Å². The number of carbonyl (C=O) groups excluding carboxylic acids is 1. The number of rotatable bonds is 2. The van der Waals surface area contributed by atoms with Gasteiger partial charge in [0, 0.05) is 12.3 Å². The number of benzene rings is 1. The third kappa shape index (κ3) is 2.31. The Hall–Kier alpha value is -0.313. The molecule has 1 unspecified atom stereocenters. The number of alkyl halides is 2. The van der Waals surface area contributed by atoms with Crippen molar-refractivity contribution in [3.8, 4) is 0 Å². The molecule has 0 bridgehead atoms. The van der Waals surface area contributed by atoms with Crippen molar-refractivity contribution in [3.05, 3.63) is 29.8 Å². The third-order valence-electron chi connectivity index (χ3n) is 3.38. The zero-order valence-corrected chi connectivity index (χ0v) is 12.8. The van der Waals surface area contributed by atoms with Crippen molar-refractivity contribution >= 4 is 42.2 Å². The van der Waals surface area contributed by atoms with Gasteiger partial charge < -0.3 is 0 Å². The summed E-state index contributed by atoms with van der Waals surface area (Å²) in [5.41, 5.74) is 1.07. The molecule has 92 valence electrons. The first-order valence-corrected chi connectivity index (χ1v) is 10.00. The molecule has 0 aliphatic heterocycles. The first kappa shape index (κ1) is 13.1. The van der Waals surface area contributed by atoms with Crippen molar-refractivity contribution < 1.29 is 4.79 Å². The maximum atomic E-state index is 11.3. The lowest BCUT2D eigenvalue weighted by molar-refractivity contribution is -0.125. The zero-order valence-electron chi connectivity index (χ0n) is 10.3. The Balaban J connectivity index is 2.23. The highest BCUT2D eigenvalue weighted by atomic mass is 35.5. The minimum Gasteiger partial charge on any atom is -0.296 e. The minimum absolute atomic E-state index is 0.0472. The summed E-state index contributed by atoms with van der Waals surface area (Å²) in [6.07, 6.45) is 0.458. The van der Waals surface area contributed by atoms with Gasteiger partial charge in [-0.25, -0.2) is 0 Å². The number of hydrogen-bond acceptors (Lipinski definition) is 1. The molecule has 1 aliphatic rings. The van der Waals surface area contributed by atoms with E-state index in [9.17, 15) is 4.79 Å². The highest BCUT2D eigenvalue weighted by Gasteiger charge is 2.53. The van der Waals surface area contributed by atoms with Gasteiger partial charge in [-0.2, -0.15) is 0 Å². The van der Waals surface area contributed by atoms with Gasteiger partial charge in [0.2, 0.25) is 0 Å². The van der Waals surface area contributed by atoms with E-state index in [1.54, 1.807) is 0 Å². The Morgan fingerprint density at radius 1 is 1.18 bits per heavy atom. The number of hydrogen-bond donors (Lipinski definition) is 0. The van der Waals surface area contributed by atoms with E-state index in [0.29, 0.717) is 6.42 Å². The summed E-state index contributed by atoms with van der Waals surface area (Å²) in [5, 5.41) is 1.40. The maximum Gasteiger partial charge on any atom is 0.183 e. The quantitative estimate of drug-likeness (QED) is 0.601. The summed E-state index contributed by atoms with van der Waals surface area (Å²) < 4.78 is -1.21. The van der Waals surface area contributed by atoms with Gasteiger partial charge in [0.1, 0.15) is 0 Å². The molecular formula is C13H16Cl2OSi. The Morgan fingerprint density at radius 2 is 1.71 bits per heavy atom. The van der Waals surface area contributed by atoms with Gasteiger partial charge in [0.05, 0.1) is 8.07 Å². The Kier molecular flexibility index (Phi) is 3.17. The van der Waals surface area contributed by atoms with Gasteiger partial charge in [0.25, 0.3) is 0 Å². The molecule has 0 N–H and O–H groups in total. The van der Waals surface area contributed by atoms with Crippen molar-refractivity contribution in [2.75, 3.05) is 0 Å². The fraction of sp³-hybridized carbons (Fsp3) is 0.462. The summed E-state index contributed by atoms with van der Waals surface area (Å²) >= 11 is 12.0. The highest BCUT2D eigenvalue weighted by Crippen LogP contribution is 2.50. The molecule has 1 fully saturated rings. The first-order valence-electron chi connectivity index (χ1n) is 5.74. The van der Waals surface area contributed by atoms with E-state index in [1.165, 1.54) is 5.19 Å². The van der Waals surface area contributed by atoms with Gasteiger partial charge in [-0.3, -0.25) is 4.79 Å². The van der Waals surface area contributed by atoms with Crippen molar-refractivity contribution in [1.29, 1.82) is 0 Å². The van der Waals surface area contributed by atoms with Gasteiger partial charge in [0.15, 0.2) is 10.1 Å². The van der Waals surface area contributed by atoms with Crippen LogP contribution >= 0.6 is 23.2 Å². The smallest absolute Gasteiger partial charge is 0.183 e. The van der Waals surface area contributed by atoms with Crippen LogP contribution < -0.4 is 5.19 Å². The Labute approximate surface area is 113 Å².